The van der Waals surface area contributed by atoms with Gasteiger partial charge in [0.05, 0.1) is 12.6 Å². The summed E-state index contributed by atoms with van der Waals surface area (Å²) in [5.74, 6) is 2.43. The number of halogens is 1. The van der Waals surface area contributed by atoms with E-state index in [1.165, 1.54) is 12.1 Å². The van der Waals surface area contributed by atoms with E-state index in [0.29, 0.717) is 12.4 Å². The van der Waals surface area contributed by atoms with E-state index in [9.17, 15) is 9.18 Å². The predicted octanol–water partition coefficient (Wildman–Crippen LogP) is 3.23. The number of urea groups is 1. The molecule has 2 N–H and O–H groups in total. The van der Waals surface area contributed by atoms with Gasteiger partial charge in [-0.3, -0.25) is 0 Å². The lowest BCUT2D eigenvalue weighted by Crippen LogP contribution is -2.44. The first-order chi connectivity index (χ1) is 10.7. The zero-order valence-electron chi connectivity index (χ0n) is 12.4. The summed E-state index contributed by atoms with van der Waals surface area (Å²) in [7, 11) is 0. The van der Waals surface area contributed by atoms with Crippen molar-refractivity contribution in [1.29, 1.82) is 0 Å². The fourth-order valence-corrected chi connectivity index (χ4v) is 4.03. The second kappa shape index (κ2) is 7.22. The van der Waals surface area contributed by atoms with Crippen molar-refractivity contribution in [2.75, 3.05) is 18.1 Å². The molecule has 0 spiro atoms. The maximum Gasteiger partial charge on any atom is 0.315 e. The number of benzene rings is 1. The van der Waals surface area contributed by atoms with Crippen LogP contribution in [0.5, 0.6) is 5.75 Å². The lowest BCUT2D eigenvalue weighted by Gasteiger charge is -2.25. The van der Waals surface area contributed by atoms with Gasteiger partial charge >= 0.3 is 6.03 Å². The van der Waals surface area contributed by atoms with Crippen molar-refractivity contribution < 1.29 is 13.9 Å². The molecule has 4 nitrogen and oxygen atoms in total. The summed E-state index contributed by atoms with van der Waals surface area (Å²) < 4.78 is 18.9. The largest absolute Gasteiger partial charge is 0.493 e. The average molecular weight is 324 g/mol. The molecule has 2 aliphatic rings. The Morgan fingerprint density at radius 1 is 1.23 bits per heavy atom. The number of ether oxygens (including phenoxy) is 1. The Hall–Kier alpha value is -1.43. The quantitative estimate of drug-likeness (QED) is 0.878. The third-order valence-electron chi connectivity index (χ3n) is 4.11. The van der Waals surface area contributed by atoms with Gasteiger partial charge in [0.1, 0.15) is 11.6 Å². The van der Waals surface area contributed by atoms with Crippen LogP contribution in [0.25, 0.3) is 0 Å². The zero-order valence-corrected chi connectivity index (χ0v) is 13.3. The number of thioether (sulfide) groups is 1. The molecule has 1 aromatic rings. The van der Waals surface area contributed by atoms with Gasteiger partial charge in [-0.1, -0.05) is 6.07 Å². The second-order valence-electron chi connectivity index (χ2n) is 5.73. The van der Waals surface area contributed by atoms with Gasteiger partial charge in [-0.25, -0.2) is 9.18 Å². The van der Waals surface area contributed by atoms with Crippen LogP contribution in [0, 0.1) is 5.82 Å². The minimum absolute atomic E-state index is 0.129. The Labute approximate surface area is 134 Å². The molecule has 1 aromatic carbocycles. The number of hydrogen-bond donors (Lipinski definition) is 2. The van der Waals surface area contributed by atoms with Crippen LogP contribution in [-0.4, -0.2) is 30.2 Å². The first-order valence-electron chi connectivity index (χ1n) is 7.79. The third kappa shape index (κ3) is 3.85. The summed E-state index contributed by atoms with van der Waals surface area (Å²) in [6.45, 7) is 0.552. The number of carbonyl (C=O) groups is 1. The Kier molecular flexibility index (Phi) is 5.08. The summed E-state index contributed by atoms with van der Waals surface area (Å²) in [5, 5.41) is 6.07. The maximum absolute atomic E-state index is 13.3. The van der Waals surface area contributed by atoms with Crippen LogP contribution in [0.1, 0.15) is 37.3 Å². The highest BCUT2D eigenvalue weighted by Gasteiger charge is 2.23. The molecule has 0 bridgehead atoms. The van der Waals surface area contributed by atoms with Gasteiger partial charge in [-0.2, -0.15) is 11.8 Å². The summed E-state index contributed by atoms with van der Waals surface area (Å²) in [4.78, 5) is 12.2. The van der Waals surface area contributed by atoms with Crippen LogP contribution < -0.4 is 15.4 Å². The Morgan fingerprint density at radius 3 is 2.86 bits per heavy atom. The number of rotatable bonds is 2. The van der Waals surface area contributed by atoms with Crippen molar-refractivity contribution in [3.05, 3.63) is 29.6 Å². The molecular formula is C16H21FN2O2S. The summed E-state index contributed by atoms with van der Waals surface area (Å²) in [5.41, 5.74) is 0.855. The topological polar surface area (TPSA) is 50.4 Å². The summed E-state index contributed by atoms with van der Waals surface area (Å²) in [6.07, 6.45) is 3.68. The minimum atomic E-state index is -0.316. The second-order valence-corrected chi connectivity index (χ2v) is 6.95. The molecule has 1 saturated heterocycles. The van der Waals surface area contributed by atoms with Crippen molar-refractivity contribution in [3.63, 3.8) is 0 Å². The van der Waals surface area contributed by atoms with Crippen molar-refractivity contribution >= 4 is 17.8 Å². The van der Waals surface area contributed by atoms with E-state index in [4.69, 9.17) is 4.74 Å². The molecule has 22 heavy (non-hydrogen) atoms. The number of amides is 2. The van der Waals surface area contributed by atoms with Gasteiger partial charge in [0.25, 0.3) is 0 Å². The molecule has 1 fully saturated rings. The van der Waals surface area contributed by atoms with E-state index in [1.807, 2.05) is 11.8 Å². The van der Waals surface area contributed by atoms with E-state index < -0.39 is 0 Å². The maximum atomic E-state index is 13.3. The van der Waals surface area contributed by atoms with E-state index in [-0.39, 0.29) is 23.9 Å². The molecule has 3 rings (SSSR count). The van der Waals surface area contributed by atoms with Crippen LogP contribution in [0.15, 0.2) is 18.2 Å². The highest BCUT2D eigenvalue weighted by molar-refractivity contribution is 7.99. The molecule has 2 heterocycles. The van der Waals surface area contributed by atoms with Gasteiger partial charge in [-0.15, -0.1) is 0 Å². The molecule has 2 amide bonds. The number of fused-ring (bicyclic) bond motifs is 1. The fraction of sp³-hybridized carbons (Fsp3) is 0.562. The highest BCUT2D eigenvalue weighted by atomic mass is 32.2. The lowest BCUT2D eigenvalue weighted by molar-refractivity contribution is 0.231. The molecule has 0 saturated carbocycles. The van der Waals surface area contributed by atoms with Crippen LogP contribution in [-0.2, 0) is 0 Å². The number of hydrogen-bond acceptors (Lipinski definition) is 3. The fourth-order valence-electron chi connectivity index (χ4n) is 2.92. The molecule has 1 atom stereocenters. The highest BCUT2D eigenvalue weighted by Crippen LogP contribution is 2.32. The normalized spacial score (nSPS) is 22.1. The average Bonchev–Trinajstić information content (AvgIpc) is 2.70. The van der Waals surface area contributed by atoms with E-state index in [0.717, 1.165) is 42.8 Å². The van der Waals surface area contributed by atoms with Gasteiger partial charge in [0, 0.05) is 17.7 Å². The van der Waals surface area contributed by atoms with Crippen LogP contribution >= 0.6 is 11.8 Å². The molecular weight excluding hydrogens is 303 g/mol. The Bertz CT molecular complexity index is 535. The molecule has 1 unspecified atom stereocenters. The predicted molar refractivity (Wildman–Crippen MR) is 85.9 cm³/mol. The van der Waals surface area contributed by atoms with Crippen molar-refractivity contribution in [2.45, 2.75) is 37.8 Å². The monoisotopic (exact) mass is 324 g/mol. The minimum Gasteiger partial charge on any atom is -0.493 e. The van der Waals surface area contributed by atoms with E-state index >= 15 is 0 Å². The summed E-state index contributed by atoms with van der Waals surface area (Å²) >= 11 is 1.93. The van der Waals surface area contributed by atoms with Crippen molar-refractivity contribution in [1.82, 2.24) is 10.6 Å². The first-order valence-corrected chi connectivity index (χ1v) is 8.95. The molecule has 0 radical (unpaired) electrons. The van der Waals surface area contributed by atoms with Gasteiger partial charge < -0.3 is 15.4 Å². The molecule has 0 aliphatic carbocycles. The number of carbonyl (C=O) groups excluding carboxylic acids is 1. The summed E-state index contributed by atoms with van der Waals surface area (Å²) in [6, 6.07) is 4.51. The Balaban J connectivity index is 1.65. The van der Waals surface area contributed by atoms with Gasteiger partial charge in [0.2, 0.25) is 0 Å². The molecule has 2 aliphatic heterocycles. The standard InChI is InChI=1S/C16H21FN2O2S/c17-11-3-4-13-14(2-1-7-21-15(13)10-11)19-16(20)18-12-5-8-22-9-6-12/h3-4,10,12,14H,1-2,5-9H2,(H2,18,19,20). The molecule has 6 heteroatoms. The molecule has 120 valence electrons. The van der Waals surface area contributed by atoms with E-state index in [2.05, 4.69) is 10.6 Å². The van der Waals surface area contributed by atoms with Gasteiger partial charge in [0.15, 0.2) is 0 Å². The van der Waals surface area contributed by atoms with Crippen LogP contribution in [0.4, 0.5) is 9.18 Å². The zero-order chi connectivity index (χ0) is 15.4. The Morgan fingerprint density at radius 2 is 2.05 bits per heavy atom. The van der Waals surface area contributed by atoms with Crippen LogP contribution in [0.2, 0.25) is 0 Å². The smallest absolute Gasteiger partial charge is 0.315 e. The molecule has 0 aromatic heterocycles. The van der Waals surface area contributed by atoms with E-state index in [1.54, 1.807) is 6.07 Å². The number of nitrogens with one attached hydrogen (secondary N) is 2. The SMILES string of the molecule is O=C(NC1CCSCC1)NC1CCCOc2cc(F)ccc21. The van der Waals surface area contributed by atoms with Crippen molar-refractivity contribution in [2.24, 2.45) is 0 Å². The van der Waals surface area contributed by atoms with Crippen LogP contribution in [0.3, 0.4) is 0 Å². The van der Waals surface area contributed by atoms with Gasteiger partial charge in [-0.05, 0) is 43.3 Å². The lowest BCUT2D eigenvalue weighted by atomic mass is 10.0. The van der Waals surface area contributed by atoms with Crippen molar-refractivity contribution in [3.8, 4) is 5.75 Å². The first kappa shape index (κ1) is 15.5. The third-order valence-corrected chi connectivity index (χ3v) is 5.16.